The zero-order valence-electron chi connectivity index (χ0n) is 17.1. The Bertz CT molecular complexity index is 909. The number of carbonyl (C=O) groups excluding carboxylic acids is 1. The Labute approximate surface area is 171 Å². The van der Waals surface area contributed by atoms with Crippen molar-refractivity contribution in [1.82, 2.24) is 10.3 Å². The van der Waals surface area contributed by atoms with Crippen LogP contribution in [0.3, 0.4) is 0 Å². The third kappa shape index (κ3) is 4.84. The Morgan fingerprint density at radius 2 is 2.21 bits per heavy atom. The Balaban J connectivity index is 1.83. The lowest BCUT2D eigenvalue weighted by Gasteiger charge is -2.38. The third-order valence-corrected chi connectivity index (χ3v) is 5.08. The van der Waals surface area contributed by atoms with Crippen LogP contribution in [0.25, 0.3) is 10.9 Å². The van der Waals surface area contributed by atoms with Crippen molar-refractivity contribution in [2.45, 2.75) is 45.4 Å². The predicted octanol–water partition coefficient (Wildman–Crippen LogP) is 2.22. The molecule has 0 saturated carbocycles. The molecule has 1 saturated heterocycles. The average Bonchev–Trinajstić information content (AvgIpc) is 2.71. The minimum Gasteiger partial charge on any atom is -0.394 e. The van der Waals surface area contributed by atoms with E-state index in [9.17, 15) is 15.2 Å². The first-order chi connectivity index (χ1) is 13.9. The number of ether oxygens (including phenoxy) is 1. The standard InChI is InChI=1S/C22H28N4O3/c1-14(2)9-17(13-27)25-22(28)20-12-26(11-15(3)29-20)19-7-6-16(10-23)21-18(19)5-4-8-24-21/h4-8,14-15,17,20,27H,9,11-13H2,1-3H3,(H,25,28)/t15-,17+,20-/m1/s1. The fourth-order valence-electron chi connectivity index (χ4n) is 3.86. The van der Waals surface area contributed by atoms with Gasteiger partial charge in [0.25, 0.3) is 5.91 Å². The summed E-state index contributed by atoms with van der Waals surface area (Å²) in [6.45, 7) is 6.98. The van der Waals surface area contributed by atoms with E-state index in [2.05, 4.69) is 35.1 Å². The lowest BCUT2D eigenvalue weighted by atomic mass is 10.0. The number of carbonyl (C=O) groups is 1. The van der Waals surface area contributed by atoms with E-state index in [1.807, 2.05) is 25.1 Å². The molecule has 3 atom stereocenters. The number of nitrogens with one attached hydrogen (secondary N) is 1. The average molecular weight is 396 g/mol. The molecule has 0 bridgehead atoms. The van der Waals surface area contributed by atoms with Crippen LogP contribution >= 0.6 is 0 Å². The van der Waals surface area contributed by atoms with Crippen molar-refractivity contribution in [2.24, 2.45) is 5.92 Å². The van der Waals surface area contributed by atoms with Gasteiger partial charge in [0.05, 0.1) is 36.4 Å². The number of anilines is 1. The van der Waals surface area contributed by atoms with Crippen LogP contribution in [-0.2, 0) is 9.53 Å². The van der Waals surface area contributed by atoms with Crippen molar-refractivity contribution in [2.75, 3.05) is 24.6 Å². The van der Waals surface area contributed by atoms with Gasteiger partial charge in [-0.05, 0) is 43.5 Å². The van der Waals surface area contributed by atoms with E-state index in [1.54, 1.807) is 12.3 Å². The fraction of sp³-hybridized carbons (Fsp3) is 0.500. The highest BCUT2D eigenvalue weighted by molar-refractivity contribution is 5.95. The van der Waals surface area contributed by atoms with Gasteiger partial charge in [0.15, 0.2) is 6.10 Å². The maximum atomic E-state index is 12.8. The SMILES string of the molecule is CC(C)C[C@@H](CO)NC(=O)[C@H]1CN(c2ccc(C#N)c3ncccc23)C[C@@H](C)O1. The van der Waals surface area contributed by atoms with Gasteiger partial charge >= 0.3 is 0 Å². The fourth-order valence-corrected chi connectivity index (χ4v) is 3.86. The van der Waals surface area contributed by atoms with Crippen molar-refractivity contribution >= 4 is 22.5 Å². The maximum absolute atomic E-state index is 12.8. The van der Waals surface area contributed by atoms with E-state index in [-0.39, 0.29) is 24.7 Å². The van der Waals surface area contributed by atoms with Gasteiger partial charge in [0.2, 0.25) is 0 Å². The summed E-state index contributed by atoms with van der Waals surface area (Å²) in [7, 11) is 0. The number of hydrogen-bond acceptors (Lipinski definition) is 6. The van der Waals surface area contributed by atoms with Crippen LogP contribution in [0, 0.1) is 17.2 Å². The van der Waals surface area contributed by atoms with Crippen LogP contribution in [0.1, 0.15) is 32.8 Å². The molecule has 2 heterocycles. The van der Waals surface area contributed by atoms with Crippen molar-refractivity contribution in [3.63, 3.8) is 0 Å². The van der Waals surface area contributed by atoms with Gasteiger partial charge in [-0.2, -0.15) is 5.26 Å². The van der Waals surface area contributed by atoms with Crippen molar-refractivity contribution in [3.8, 4) is 6.07 Å². The van der Waals surface area contributed by atoms with Crippen molar-refractivity contribution in [1.29, 1.82) is 5.26 Å². The molecule has 1 amide bonds. The first kappa shape index (κ1) is 21.0. The number of nitrogens with zero attached hydrogens (tertiary/aromatic N) is 3. The van der Waals surface area contributed by atoms with E-state index in [1.165, 1.54) is 0 Å². The number of aliphatic hydroxyl groups excluding tert-OH is 1. The largest absolute Gasteiger partial charge is 0.394 e. The van der Waals surface area contributed by atoms with E-state index >= 15 is 0 Å². The smallest absolute Gasteiger partial charge is 0.251 e. The quantitative estimate of drug-likeness (QED) is 0.777. The molecule has 2 N–H and O–H groups in total. The van der Waals surface area contributed by atoms with Crippen molar-refractivity contribution < 1.29 is 14.6 Å². The predicted molar refractivity (Wildman–Crippen MR) is 111 cm³/mol. The number of nitriles is 1. The summed E-state index contributed by atoms with van der Waals surface area (Å²) in [6.07, 6.45) is 1.61. The van der Waals surface area contributed by atoms with Crippen LogP contribution in [-0.4, -0.2) is 53.9 Å². The molecule has 154 valence electrons. The van der Waals surface area contributed by atoms with Gasteiger partial charge in [0.1, 0.15) is 6.07 Å². The maximum Gasteiger partial charge on any atom is 0.251 e. The number of aromatic nitrogens is 1. The molecule has 7 nitrogen and oxygen atoms in total. The molecule has 1 fully saturated rings. The van der Waals surface area contributed by atoms with Gasteiger partial charge in [-0.15, -0.1) is 0 Å². The number of benzene rings is 1. The zero-order valence-corrected chi connectivity index (χ0v) is 17.1. The van der Waals surface area contributed by atoms with Gasteiger partial charge < -0.3 is 20.1 Å². The minimum absolute atomic E-state index is 0.0954. The molecule has 1 aliphatic heterocycles. The summed E-state index contributed by atoms with van der Waals surface area (Å²) in [5, 5.41) is 22.7. The molecule has 1 aliphatic rings. The second-order valence-electron chi connectivity index (χ2n) is 8.00. The Morgan fingerprint density at radius 1 is 1.41 bits per heavy atom. The van der Waals surface area contributed by atoms with Crippen LogP contribution in [0.4, 0.5) is 5.69 Å². The minimum atomic E-state index is -0.637. The highest BCUT2D eigenvalue weighted by Crippen LogP contribution is 2.30. The monoisotopic (exact) mass is 396 g/mol. The Kier molecular flexibility index (Phi) is 6.68. The number of hydrogen-bond donors (Lipinski definition) is 2. The van der Waals surface area contributed by atoms with Crippen LogP contribution in [0.15, 0.2) is 30.5 Å². The number of aliphatic hydroxyl groups is 1. The summed E-state index contributed by atoms with van der Waals surface area (Å²) in [6, 6.07) is 9.37. The molecule has 1 aromatic carbocycles. The summed E-state index contributed by atoms with van der Waals surface area (Å²) >= 11 is 0. The first-order valence-electron chi connectivity index (χ1n) is 10.0. The summed E-state index contributed by atoms with van der Waals surface area (Å²) in [5.74, 6) is 0.157. The van der Waals surface area contributed by atoms with E-state index in [4.69, 9.17) is 4.74 Å². The summed E-state index contributed by atoms with van der Waals surface area (Å²) in [5.41, 5.74) is 2.12. The van der Waals surface area contributed by atoms with E-state index in [0.29, 0.717) is 36.5 Å². The van der Waals surface area contributed by atoms with Gasteiger partial charge in [-0.25, -0.2) is 0 Å². The van der Waals surface area contributed by atoms with Crippen LogP contribution in [0.5, 0.6) is 0 Å². The number of pyridine rings is 1. The molecule has 29 heavy (non-hydrogen) atoms. The molecule has 7 heteroatoms. The number of amides is 1. The summed E-state index contributed by atoms with van der Waals surface area (Å²) in [4.78, 5) is 19.3. The molecular weight excluding hydrogens is 368 g/mol. The lowest BCUT2D eigenvalue weighted by molar-refractivity contribution is -0.138. The third-order valence-electron chi connectivity index (χ3n) is 5.08. The highest BCUT2D eigenvalue weighted by atomic mass is 16.5. The number of morpholine rings is 1. The number of fused-ring (bicyclic) bond motifs is 1. The van der Waals surface area contributed by atoms with Gasteiger partial charge in [-0.1, -0.05) is 13.8 Å². The number of rotatable bonds is 6. The van der Waals surface area contributed by atoms with E-state index in [0.717, 1.165) is 11.1 Å². The van der Waals surface area contributed by atoms with E-state index < -0.39 is 6.10 Å². The molecule has 0 spiro atoms. The molecular formula is C22H28N4O3. The molecule has 2 aromatic rings. The molecule has 0 aliphatic carbocycles. The van der Waals surface area contributed by atoms with Gasteiger partial charge in [-0.3, -0.25) is 9.78 Å². The van der Waals surface area contributed by atoms with Gasteiger partial charge in [0, 0.05) is 23.8 Å². The van der Waals surface area contributed by atoms with Crippen LogP contribution < -0.4 is 10.2 Å². The molecule has 0 radical (unpaired) electrons. The lowest BCUT2D eigenvalue weighted by Crippen LogP contribution is -2.55. The zero-order chi connectivity index (χ0) is 21.0. The molecule has 1 aromatic heterocycles. The Morgan fingerprint density at radius 3 is 2.90 bits per heavy atom. The topological polar surface area (TPSA) is 98.5 Å². The second-order valence-corrected chi connectivity index (χ2v) is 8.00. The first-order valence-corrected chi connectivity index (χ1v) is 10.0. The van der Waals surface area contributed by atoms with Crippen molar-refractivity contribution in [3.05, 3.63) is 36.0 Å². The van der Waals surface area contributed by atoms with Crippen LogP contribution in [0.2, 0.25) is 0 Å². The normalized spacial score (nSPS) is 20.5. The second kappa shape index (κ2) is 9.21. The summed E-state index contributed by atoms with van der Waals surface area (Å²) < 4.78 is 5.90. The Hall–Kier alpha value is -2.69. The molecule has 0 unspecified atom stereocenters. The highest BCUT2D eigenvalue weighted by Gasteiger charge is 2.32. The molecule has 3 rings (SSSR count).